The molecule has 2 aromatic rings. The third-order valence-electron chi connectivity index (χ3n) is 4.11. The summed E-state index contributed by atoms with van der Waals surface area (Å²) in [6.07, 6.45) is 1.50. The second-order valence-electron chi connectivity index (χ2n) is 5.76. The van der Waals surface area contributed by atoms with Crippen LogP contribution in [-0.2, 0) is 20.6 Å². The highest BCUT2D eigenvalue weighted by Crippen LogP contribution is 2.30. The summed E-state index contributed by atoms with van der Waals surface area (Å²) < 4.78 is 16.1. The van der Waals surface area contributed by atoms with Crippen molar-refractivity contribution < 1.29 is 19.0 Å². The van der Waals surface area contributed by atoms with Gasteiger partial charge in [0.2, 0.25) is 6.29 Å². The molecule has 1 fully saturated rings. The van der Waals surface area contributed by atoms with Gasteiger partial charge in [-0.25, -0.2) is 4.79 Å². The largest absolute Gasteiger partial charge is 0.430 e. The van der Waals surface area contributed by atoms with E-state index < -0.39 is 12.3 Å². The normalized spacial score (nSPS) is 16.5. The molecule has 26 heavy (non-hydrogen) atoms. The molecule has 0 aromatic heterocycles. The summed E-state index contributed by atoms with van der Waals surface area (Å²) in [7, 11) is 0. The van der Waals surface area contributed by atoms with Crippen molar-refractivity contribution in [3.05, 3.63) is 71.8 Å². The molecule has 132 valence electrons. The van der Waals surface area contributed by atoms with E-state index in [4.69, 9.17) is 14.2 Å². The summed E-state index contributed by atoms with van der Waals surface area (Å²) in [6.45, 7) is 4.90. The molecular weight excluding hydrogens is 330 g/mol. The van der Waals surface area contributed by atoms with Gasteiger partial charge in [0.25, 0.3) is 0 Å². The maximum atomic E-state index is 12.7. The van der Waals surface area contributed by atoms with E-state index in [-0.39, 0.29) is 6.61 Å². The maximum Gasteiger partial charge on any atom is 0.340 e. The number of allylic oxidation sites excluding steroid dienone is 1. The average molecular weight is 349 g/mol. The quantitative estimate of drug-likeness (QED) is 0.610. The second-order valence-corrected chi connectivity index (χ2v) is 5.76. The van der Waals surface area contributed by atoms with Crippen LogP contribution in [0.3, 0.4) is 0 Å². The van der Waals surface area contributed by atoms with E-state index in [1.807, 2.05) is 24.3 Å². The molecule has 0 bridgehead atoms. The first-order valence-corrected chi connectivity index (χ1v) is 8.37. The number of esters is 1. The fourth-order valence-electron chi connectivity index (χ4n) is 2.93. The number of carbonyl (C=O) groups is 1. The predicted molar refractivity (Wildman–Crippen MR) is 96.5 cm³/mol. The van der Waals surface area contributed by atoms with E-state index >= 15 is 0 Å². The molecule has 1 atom stereocenters. The molecule has 0 radical (unpaired) electrons. The number of hydrogen-bond donors (Lipinski definition) is 0. The van der Waals surface area contributed by atoms with E-state index in [1.165, 1.54) is 0 Å². The highest BCUT2D eigenvalue weighted by atomic mass is 16.7. The lowest BCUT2D eigenvalue weighted by Crippen LogP contribution is -2.33. The number of nitrogens with zero attached hydrogens (tertiary/aromatic N) is 1. The van der Waals surface area contributed by atoms with Gasteiger partial charge in [-0.15, -0.1) is 6.58 Å². The first-order valence-electron chi connectivity index (χ1n) is 8.37. The summed E-state index contributed by atoms with van der Waals surface area (Å²) in [4.78, 5) is 12.7. The van der Waals surface area contributed by atoms with Gasteiger partial charge in [-0.05, 0) is 35.2 Å². The van der Waals surface area contributed by atoms with Crippen LogP contribution in [-0.4, -0.2) is 32.1 Å². The number of benzene rings is 2. The SMILES string of the molecule is C=CCc1c(C(=O)OC2COCCO2)cccc1-c1ccccc1C#N. The van der Waals surface area contributed by atoms with Crippen LogP contribution in [0.1, 0.15) is 21.5 Å². The summed E-state index contributed by atoms with van der Waals surface area (Å²) >= 11 is 0. The number of ether oxygens (including phenoxy) is 3. The Morgan fingerprint density at radius 2 is 2.04 bits per heavy atom. The van der Waals surface area contributed by atoms with E-state index in [9.17, 15) is 10.1 Å². The van der Waals surface area contributed by atoms with Gasteiger partial charge < -0.3 is 14.2 Å². The van der Waals surface area contributed by atoms with Crippen LogP contribution in [0.5, 0.6) is 0 Å². The van der Waals surface area contributed by atoms with Crippen molar-refractivity contribution in [2.24, 2.45) is 0 Å². The molecule has 0 spiro atoms. The molecule has 0 saturated carbocycles. The molecule has 1 unspecified atom stereocenters. The summed E-state index contributed by atoms with van der Waals surface area (Å²) in [5.74, 6) is -0.478. The highest BCUT2D eigenvalue weighted by Gasteiger charge is 2.23. The van der Waals surface area contributed by atoms with Gasteiger partial charge in [0, 0.05) is 0 Å². The zero-order valence-corrected chi connectivity index (χ0v) is 14.3. The molecule has 2 aromatic carbocycles. The average Bonchev–Trinajstić information content (AvgIpc) is 2.69. The van der Waals surface area contributed by atoms with Crippen LogP contribution < -0.4 is 0 Å². The second kappa shape index (κ2) is 8.43. The van der Waals surface area contributed by atoms with Crippen LogP contribution in [0.15, 0.2) is 55.1 Å². The number of rotatable bonds is 5. The minimum absolute atomic E-state index is 0.222. The van der Waals surface area contributed by atoms with Crippen LogP contribution in [0.25, 0.3) is 11.1 Å². The molecule has 0 aliphatic carbocycles. The number of hydrogen-bond acceptors (Lipinski definition) is 5. The number of carbonyl (C=O) groups excluding carboxylic acids is 1. The molecule has 1 saturated heterocycles. The first kappa shape index (κ1) is 17.9. The highest BCUT2D eigenvalue weighted by molar-refractivity contribution is 5.94. The fourth-order valence-corrected chi connectivity index (χ4v) is 2.93. The van der Waals surface area contributed by atoms with Crippen LogP contribution in [0, 0.1) is 11.3 Å². The monoisotopic (exact) mass is 349 g/mol. The Morgan fingerprint density at radius 3 is 2.77 bits per heavy atom. The maximum absolute atomic E-state index is 12.7. The third-order valence-corrected chi connectivity index (χ3v) is 4.11. The van der Waals surface area contributed by atoms with Crippen molar-refractivity contribution >= 4 is 5.97 Å². The van der Waals surface area contributed by atoms with Crippen molar-refractivity contribution in [1.29, 1.82) is 5.26 Å². The van der Waals surface area contributed by atoms with Crippen LogP contribution >= 0.6 is 0 Å². The van der Waals surface area contributed by atoms with Crippen molar-refractivity contribution in [2.75, 3.05) is 19.8 Å². The van der Waals surface area contributed by atoms with Gasteiger partial charge in [0.05, 0.1) is 30.4 Å². The van der Waals surface area contributed by atoms with Crippen molar-refractivity contribution in [3.8, 4) is 17.2 Å². The van der Waals surface area contributed by atoms with E-state index in [0.717, 1.165) is 16.7 Å². The lowest BCUT2D eigenvalue weighted by molar-refractivity contribution is -0.186. The Hall–Kier alpha value is -2.94. The van der Waals surface area contributed by atoms with E-state index in [0.29, 0.717) is 30.8 Å². The van der Waals surface area contributed by atoms with E-state index in [2.05, 4.69) is 12.6 Å². The Kier molecular flexibility index (Phi) is 5.80. The van der Waals surface area contributed by atoms with Gasteiger partial charge >= 0.3 is 5.97 Å². The molecule has 5 heteroatoms. The standard InChI is InChI=1S/C21H19NO4/c1-2-6-17-18(16-8-4-3-7-15(16)13-22)9-5-10-19(17)21(23)26-20-14-24-11-12-25-20/h2-5,7-10,20H,1,6,11-12,14H2. The Morgan fingerprint density at radius 1 is 1.23 bits per heavy atom. The summed E-state index contributed by atoms with van der Waals surface area (Å²) in [6, 6.07) is 14.9. The topological polar surface area (TPSA) is 68.6 Å². The van der Waals surface area contributed by atoms with Gasteiger partial charge in [-0.3, -0.25) is 0 Å². The molecule has 5 nitrogen and oxygen atoms in total. The van der Waals surface area contributed by atoms with E-state index in [1.54, 1.807) is 24.3 Å². The van der Waals surface area contributed by atoms with Crippen LogP contribution in [0.2, 0.25) is 0 Å². The molecule has 1 heterocycles. The first-order chi connectivity index (χ1) is 12.7. The molecule has 1 aliphatic rings. The molecular formula is C21H19NO4. The zero-order valence-electron chi connectivity index (χ0n) is 14.3. The van der Waals surface area contributed by atoms with Crippen molar-refractivity contribution in [1.82, 2.24) is 0 Å². The number of nitriles is 1. The fraction of sp³-hybridized carbons (Fsp3) is 0.238. The molecule has 0 N–H and O–H groups in total. The Labute approximate surface area is 152 Å². The third kappa shape index (κ3) is 3.83. The van der Waals surface area contributed by atoms with Crippen molar-refractivity contribution in [3.63, 3.8) is 0 Å². The molecule has 1 aliphatic heterocycles. The Bertz CT molecular complexity index is 847. The summed E-state index contributed by atoms with van der Waals surface area (Å²) in [5.41, 5.74) is 3.35. The van der Waals surface area contributed by atoms with Gasteiger partial charge in [0.1, 0.15) is 6.61 Å². The minimum Gasteiger partial charge on any atom is -0.430 e. The Balaban J connectivity index is 1.99. The zero-order chi connectivity index (χ0) is 18.4. The van der Waals surface area contributed by atoms with Gasteiger partial charge in [0.15, 0.2) is 0 Å². The van der Waals surface area contributed by atoms with Gasteiger partial charge in [-0.2, -0.15) is 5.26 Å². The predicted octanol–water partition coefficient (Wildman–Crippen LogP) is 3.48. The van der Waals surface area contributed by atoms with Crippen molar-refractivity contribution in [2.45, 2.75) is 12.7 Å². The lowest BCUT2D eigenvalue weighted by atomic mass is 9.91. The van der Waals surface area contributed by atoms with Crippen LogP contribution in [0.4, 0.5) is 0 Å². The lowest BCUT2D eigenvalue weighted by Gasteiger charge is -2.23. The smallest absolute Gasteiger partial charge is 0.340 e. The van der Waals surface area contributed by atoms with Gasteiger partial charge in [-0.1, -0.05) is 36.4 Å². The molecule has 3 rings (SSSR count). The molecule has 0 amide bonds. The summed E-state index contributed by atoms with van der Waals surface area (Å²) in [5, 5.41) is 9.40. The minimum atomic E-state index is -0.706.